The quantitative estimate of drug-likeness (QED) is 0.905. The van der Waals surface area contributed by atoms with Crippen molar-refractivity contribution in [3.05, 3.63) is 52.7 Å². The molecule has 0 saturated carbocycles. The van der Waals surface area contributed by atoms with Crippen LogP contribution >= 0.6 is 11.6 Å². The molecule has 0 spiro atoms. The van der Waals surface area contributed by atoms with Crippen LogP contribution in [-0.4, -0.2) is 21.6 Å². The lowest BCUT2D eigenvalue weighted by Gasteiger charge is -2.13. The lowest BCUT2D eigenvalue weighted by atomic mass is 10.1. The van der Waals surface area contributed by atoms with E-state index in [9.17, 15) is 9.50 Å². The van der Waals surface area contributed by atoms with Crippen LogP contribution in [0.25, 0.3) is 0 Å². The molecule has 2 aromatic rings. The molecule has 0 fully saturated rings. The van der Waals surface area contributed by atoms with Crippen LogP contribution in [-0.2, 0) is 0 Å². The zero-order valence-electron chi connectivity index (χ0n) is 10.3. The van der Waals surface area contributed by atoms with Gasteiger partial charge in [0.2, 0.25) is 0 Å². The molecule has 0 bridgehead atoms. The average Bonchev–Trinajstić information content (AvgIpc) is 2.39. The van der Waals surface area contributed by atoms with E-state index in [1.54, 1.807) is 12.1 Å². The van der Waals surface area contributed by atoms with Crippen LogP contribution in [0.2, 0.25) is 5.02 Å². The second kappa shape index (κ2) is 5.95. The summed E-state index contributed by atoms with van der Waals surface area (Å²) in [6.45, 7) is 2.06. The summed E-state index contributed by atoms with van der Waals surface area (Å²) >= 11 is 5.59. The molecule has 0 aliphatic rings. The van der Waals surface area contributed by atoms with E-state index in [1.165, 1.54) is 18.5 Å². The molecule has 2 N–H and O–H groups in total. The number of aromatic nitrogens is 2. The van der Waals surface area contributed by atoms with Crippen molar-refractivity contribution in [3.8, 4) is 0 Å². The molecule has 1 heterocycles. The highest BCUT2D eigenvalue weighted by molar-refractivity contribution is 6.30. The van der Waals surface area contributed by atoms with E-state index in [4.69, 9.17) is 11.6 Å². The predicted octanol–water partition coefficient (Wildman–Crippen LogP) is 2.72. The van der Waals surface area contributed by atoms with Crippen LogP contribution in [0.3, 0.4) is 0 Å². The Morgan fingerprint density at radius 2 is 2.16 bits per heavy atom. The first-order valence-electron chi connectivity index (χ1n) is 5.72. The van der Waals surface area contributed by atoms with Crippen LogP contribution in [0.4, 0.5) is 10.2 Å². The molecule has 0 radical (unpaired) electrons. The number of nitrogens with one attached hydrogen (secondary N) is 1. The van der Waals surface area contributed by atoms with Crippen molar-refractivity contribution in [2.24, 2.45) is 0 Å². The van der Waals surface area contributed by atoms with Crippen molar-refractivity contribution in [1.29, 1.82) is 0 Å². The lowest BCUT2D eigenvalue weighted by molar-refractivity contribution is 0.191. The highest BCUT2D eigenvalue weighted by Gasteiger charge is 2.10. The third-order valence-electron chi connectivity index (χ3n) is 2.61. The minimum absolute atomic E-state index is 0.0373. The molecule has 0 aliphatic carbocycles. The standard InChI is InChI=1S/C13H13ClFN3O/c1-8-4-13(18-7-17-8)16-6-12(19)9-2-3-10(14)11(15)5-9/h2-5,7,12,19H,6H2,1H3,(H,16,17,18). The molecule has 1 aromatic carbocycles. The van der Waals surface area contributed by atoms with Crippen LogP contribution < -0.4 is 5.32 Å². The van der Waals surface area contributed by atoms with Crippen molar-refractivity contribution in [2.45, 2.75) is 13.0 Å². The van der Waals surface area contributed by atoms with E-state index >= 15 is 0 Å². The molecule has 19 heavy (non-hydrogen) atoms. The molecule has 100 valence electrons. The average molecular weight is 282 g/mol. The second-order valence-corrected chi connectivity index (χ2v) is 4.52. The van der Waals surface area contributed by atoms with Crippen LogP contribution in [0.5, 0.6) is 0 Å². The van der Waals surface area contributed by atoms with Gasteiger partial charge in [-0.2, -0.15) is 0 Å². The van der Waals surface area contributed by atoms with Gasteiger partial charge in [0.15, 0.2) is 0 Å². The van der Waals surface area contributed by atoms with Crippen LogP contribution in [0.15, 0.2) is 30.6 Å². The Morgan fingerprint density at radius 3 is 2.84 bits per heavy atom. The Morgan fingerprint density at radius 1 is 1.37 bits per heavy atom. The Balaban J connectivity index is 2.01. The number of aryl methyl sites for hydroxylation is 1. The Kier molecular flexibility index (Phi) is 4.29. The van der Waals surface area contributed by atoms with Crippen LogP contribution in [0.1, 0.15) is 17.4 Å². The number of hydrogen-bond acceptors (Lipinski definition) is 4. The summed E-state index contributed by atoms with van der Waals surface area (Å²) < 4.78 is 13.3. The number of rotatable bonds is 4. The number of hydrogen-bond donors (Lipinski definition) is 2. The maximum Gasteiger partial charge on any atom is 0.142 e. The SMILES string of the molecule is Cc1cc(NCC(O)c2ccc(Cl)c(F)c2)ncn1. The fourth-order valence-electron chi connectivity index (χ4n) is 1.59. The van der Waals surface area contributed by atoms with E-state index in [0.29, 0.717) is 11.4 Å². The third-order valence-corrected chi connectivity index (χ3v) is 2.92. The minimum atomic E-state index is -0.845. The Labute approximate surface area is 115 Å². The Bertz CT molecular complexity index is 580. The second-order valence-electron chi connectivity index (χ2n) is 4.11. The first-order chi connectivity index (χ1) is 9.06. The molecular weight excluding hydrogens is 269 g/mol. The topological polar surface area (TPSA) is 58.0 Å². The first kappa shape index (κ1) is 13.7. The summed E-state index contributed by atoms with van der Waals surface area (Å²) in [5.41, 5.74) is 1.28. The van der Waals surface area contributed by atoms with Gasteiger partial charge in [0.05, 0.1) is 11.1 Å². The van der Waals surface area contributed by atoms with E-state index in [1.807, 2.05) is 6.92 Å². The van der Waals surface area contributed by atoms with Gasteiger partial charge >= 0.3 is 0 Å². The Hall–Kier alpha value is -1.72. The molecule has 0 amide bonds. The molecule has 1 aromatic heterocycles. The number of halogens is 2. The van der Waals surface area contributed by atoms with E-state index in [0.717, 1.165) is 5.69 Å². The summed E-state index contributed by atoms with van der Waals surface area (Å²) in [4.78, 5) is 7.98. The monoisotopic (exact) mass is 281 g/mol. The van der Waals surface area contributed by atoms with E-state index in [-0.39, 0.29) is 11.6 Å². The molecule has 2 rings (SSSR count). The van der Waals surface area contributed by atoms with Gasteiger partial charge in [0, 0.05) is 18.3 Å². The fourth-order valence-corrected chi connectivity index (χ4v) is 1.71. The summed E-state index contributed by atoms with van der Waals surface area (Å²) in [5.74, 6) is 0.0667. The zero-order chi connectivity index (χ0) is 13.8. The summed E-state index contributed by atoms with van der Waals surface area (Å²) in [5, 5.41) is 12.9. The highest BCUT2D eigenvalue weighted by Crippen LogP contribution is 2.20. The summed E-state index contributed by atoms with van der Waals surface area (Å²) in [6, 6.07) is 5.99. The van der Waals surface area contributed by atoms with Gasteiger partial charge in [0.1, 0.15) is 18.0 Å². The van der Waals surface area contributed by atoms with Gasteiger partial charge in [-0.1, -0.05) is 17.7 Å². The van der Waals surface area contributed by atoms with Crippen molar-refractivity contribution in [1.82, 2.24) is 9.97 Å². The highest BCUT2D eigenvalue weighted by atomic mass is 35.5. The summed E-state index contributed by atoms with van der Waals surface area (Å²) in [7, 11) is 0. The number of anilines is 1. The number of aliphatic hydroxyl groups excluding tert-OH is 1. The molecule has 0 aliphatic heterocycles. The largest absolute Gasteiger partial charge is 0.387 e. The number of nitrogens with zero attached hydrogens (tertiary/aromatic N) is 2. The van der Waals surface area contributed by atoms with Gasteiger partial charge in [-0.25, -0.2) is 14.4 Å². The normalized spacial score (nSPS) is 12.2. The third kappa shape index (κ3) is 3.62. The maximum absolute atomic E-state index is 13.3. The predicted molar refractivity (Wildman–Crippen MR) is 71.6 cm³/mol. The number of aliphatic hydroxyl groups is 1. The summed E-state index contributed by atoms with van der Waals surface area (Å²) in [6.07, 6.45) is 0.591. The van der Waals surface area contributed by atoms with Crippen molar-refractivity contribution in [3.63, 3.8) is 0 Å². The lowest BCUT2D eigenvalue weighted by Crippen LogP contribution is -2.13. The minimum Gasteiger partial charge on any atom is -0.387 e. The zero-order valence-corrected chi connectivity index (χ0v) is 11.0. The van der Waals surface area contributed by atoms with Gasteiger partial charge in [-0.05, 0) is 24.6 Å². The molecule has 1 unspecified atom stereocenters. The molecule has 1 atom stereocenters. The van der Waals surface area contributed by atoms with Crippen LogP contribution in [0, 0.1) is 12.7 Å². The molecular formula is C13H13ClFN3O. The van der Waals surface area contributed by atoms with E-state index < -0.39 is 11.9 Å². The maximum atomic E-state index is 13.3. The van der Waals surface area contributed by atoms with Crippen molar-refractivity contribution < 1.29 is 9.50 Å². The molecule has 6 heteroatoms. The van der Waals surface area contributed by atoms with Crippen molar-refractivity contribution in [2.75, 3.05) is 11.9 Å². The fraction of sp³-hybridized carbons (Fsp3) is 0.231. The van der Waals surface area contributed by atoms with Crippen molar-refractivity contribution >= 4 is 17.4 Å². The molecule has 4 nitrogen and oxygen atoms in total. The number of benzene rings is 1. The smallest absolute Gasteiger partial charge is 0.142 e. The van der Waals surface area contributed by atoms with Gasteiger partial charge < -0.3 is 10.4 Å². The molecule has 0 saturated heterocycles. The van der Waals surface area contributed by atoms with Gasteiger partial charge in [0.25, 0.3) is 0 Å². The first-order valence-corrected chi connectivity index (χ1v) is 6.09. The van der Waals surface area contributed by atoms with E-state index in [2.05, 4.69) is 15.3 Å². The van der Waals surface area contributed by atoms with Gasteiger partial charge in [-0.15, -0.1) is 0 Å². The van der Waals surface area contributed by atoms with Gasteiger partial charge in [-0.3, -0.25) is 0 Å².